The van der Waals surface area contributed by atoms with Crippen LogP contribution in [0.1, 0.15) is 15.9 Å². The zero-order valence-corrected chi connectivity index (χ0v) is 11.1. The van der Waals surface area contributed by atoms with Gasteiger partial charge in [-0.3, -0.25) is 0 Å². The maximum Gasteiger partial charge on any atom is 0.416 e. The van der Waals surface area contributed by atoms with E-state index >= 15 is 0 Å². The fraction of sp³-hybridized carbons (Fsp3) is 0.0714. The van der Waals surface area contributed by atoms with E-state index in [4.69, 9.17) is 5.11 Å². The number of halogens is 4. The average Bonchev–Trinajstić information content (AvgIpc) is 2.40. The zero-order valence-electron chi connectivity index (χ0n) is 10.3. The second kappa shape index (κ2) is 5.77. The highest BCUT2D eigenvalue weighted by molar-refractivity contribution is 7.99. The quantitative estimate of drug-likeness (QED) is 0.834. The van der Waals surface area contributed by atoms with E-state index in [2.05, 4.69) is 0 Å². The topological polar surface area (TPSA) is 37.3 Å². The molecule has 0 atom stereocenters. The molecular weight excluding hydrogens is 308 g/mol. The molecule has 2 nitrogen and oxygen atoms in total. The van der Waals surface area contributed by atoms with Crippen molar-refractivity contribution in [3.05, 3.63) is 59.4 Å². The maximum atomic E-state index is 13.6. The van der Waals surface area contributed by atoms with Crippen LogP contribution in [-0.4, -0.2) is 11.1 Å². The molecule has 0 aromatic heterocycles. The number of hydrogen-bond acceptors (Lipinski definition) is 2. The SMILES string of the molecule is O=C(O)c1ccc(F)c(Sc2ccc(C(F)(F)F)cc2)c1. The molecule has 0 bridgehead atoms. The molecule has 2 rings (SSSR count). The van der Waals surface area contributed by atoms with E-state index in [1.165, 1.54) is 12.1 Å². The van der Waals surface area contributed by atoms with Crippen molar-refractivity contribution in [1.29, 1.82) is 0 Å². The molecule has 0 saturated carbocycles. The van der Waals surface area contributed by atoms with Gasteiger partial charge in [-0.05, 0) is 42.5 Å². The van der Waals surface area contributed by atoms with E-state index in [0.29, 0.717) is 4.90 Å². The molecule has 0 saturated heterocycles. The van der Waals surface area contributed by atoms with Crippen LogP contribution in [-0.2, 0) is 6.18 Å². The summed E-state index contributed by atoms with van der Waals surface area (Å²) in [6.07, 6.45) is -4.43. The van der Waals surface area contributed by atoms with E-state index in [1.54, 1.807) is 0 Å². The molecule has 2 aromatic carbocycles. The summed E-state index contributed by atoms with van der Waals surface area (Å²) >= 11 is 0.859. The van der Waals surface area contributed by atoms with Gasteiger partial charge in [-0.15, -0.1) is 0 Å². The van der Waals surface area contributed by atoms with E-state index in [-0.39, 0.29) is 10.5 Å². The van der Waals surface area contributed by atoms with Gasteiger partial charge in [-0.1, -0.05) is 11.8 Å². The summed E-state index contributed by atoms with van der Waals surface area (Å²) in [5.41, 5.74) is -0.891. The van der Waals surface area contributed by atoms with Gasteiger partial charge >= 0.3 is 12.1 Å². The van der Waals surface area contributed by atoms with Crippen molar-refractivity contribution in [2.45, 2.75) is 16.0 Å². The number of aromatic carboxylic acids is 1. The third-order valence-electron chi connectivity index (χ3n) is 2.59. The molecule has 0 heterocycles. The normalized spacial score (nSPS) is 11.4. The Kier molecular flexibility index (Phi) is 4.22. The van der Waals surface area contributed by atoms with Crippen molar-refractivity contribution in [3.63, 3.8) is 0 Å². The van der Waals surface area contributed by atoms with Crippen LogP contribution in [0.3, 0.4) is 0 Å². The van der Waals surface area contributed by atoms with Crippen molar-refractivity contribution >= 4 is 17.7 Å². The highest BCUT2D eigenvalue weighted by Crippen LogP contribution is 2.34. The van der Waals surface area contributed by atoms with Crippen LogP contribution in [0, 0.1) is 5.82 Å². The molecular formula is C14H8F4O2S. The largest absolute Gasteiger partial charge is 0.478 e. The van der Waals surface area contributed by atoms with E-state index < -0.39 is 23.5 Å². The Balaban J connectivity index is 2.26. The molecule has 2 aromatic rings. The van der Waals surface area contributed by atoms with Gasteiger partial charge in [-0.25, -0.2) is 9.18 Å². The number of rotatable bonds is 3. The van der Waals surface area contributed by atoms with Crippen LogP contribution < -0.4 is 0 Å². The first-order valence-electron chi connectivity index (χ1n) is 5.65. The van der Waals surface area contributed by atoms with Crippen LogP contribution >= 0.6 is 11.8 Å². The summed E-state index contributed by atoms with van der Waals surface area (Å²) in [6.45, 7) is 0. The number of carboxylic acid groups (broad SMARTS) is 1. The van der Waals surface area contributed by atoms with Gasteiger partial charge in [0.1, 0.15) is 5.82 Å². The van der Waals surface area contributed by atoms with Gasteiger partial charge in [0.05, 0.1) is 11.1 Å². The Morgan fingerprint density at radius 2 is 1.67 bits per heavy atom. The van der Waals surface area contributed by atoms with Gasteiger partial charge in [-0.2, -0.15) is 13.2 Å². The molecule has 0 aliphatic heterocycles. The molecule has 0 radical (unpaired) electrons. The molecule has 0 spiro atoms. The predicted molar refractivity (Wildman–Crippen MR) is 68.9 cm³/mol. The second-order valence-corrected chi connectivity index (χ2v) is 5.19. The first-order chi connectivity index (χ1) is 9.77. The third kappa shape index (κ3) is 3.75. The van der Waals surface area contributed by atoms with E-state index in [9.17, 15) is 22.4 Å². The summed E-state index contributed by atoms with van der Waals surface area (Å²) in [5.74, 6) is -1.84. The fourth-order valence-corrected chi connectivity index (χ4v) is 2.43. The Hall–Kier alpha value is -2.02. The van der Waals surface area contributed by atoms with E-state index in [1.807, 2.05) is 0 Å². The summed E-state index contributed by atoms with van der Waals surface area (Å²) in [7, 11) is 0. The number of hydrogen-bond donors (Lipinski definition) is 1. The molecule has 21 heavy (non-hydrogen) atoms. The first-order valence-corrected chi connectivity index (χ1v) is 6.47. The van der Waals surface area contributed by atoms with Crippen molar-refractivity contribution in [3.8, 4) is 0 Å². The van der Waals surface area contributed by atoms with Gasteiger partial charge in [0, 0.05) is 9.79 Å². The molecule has 7 heteroatoms. The fourth-order valence-electron chi connectivity index (χ4n) is 1.55. The van der Waals surface area contributed by atoms with Crippen LogP contribution in [0.2, 0.25) is 0 Å². The average molecular weight is 316 g/mol. The van der Waals surface area contributed by atoms with Crippen LogP contribution in [0.5, 0.6) is 0 Å². The van der Waals surface area contributed by atoms with Gasteiger partial charge < -0.3 is 5.11 Å². The minimum Gasteiger partial charge on any atom is -0.478 e. The van der Waals surface area contributed by atoms with Crippen molar-refractivity contribution < 1.29 is 27.5 Å². The Labute approximate surface area is 121 Å². The monoisotopic (exact) mass is 316 g/mol. The van der Waals surface area contributed by atoms with Crippen LogP contribution in [0.15, 0.2) is 52.3 Å². The number of carbonyl (C=O) groups is 1. The van der Waals surface area contributed by atoms with Crippen LogP contribution in [0.25, 0.3) is 0 Å². The smallest absolute Gasteiger partial charge is 0.416 e. The highest BCUT2D eigenvalue weighted by atomic mass is 32.2. The lowest BCUT2D eigenvalue weighted by Crippen LogP contribution is -2.03. The zero-order chi connectivity index (χ0) is 15.6. The molecule has 0 fully saturated rings. The van der Waals surface area contributed by atoms with Crippen LogP contribution in [0.4, 0.5) is 17.6 Å². The standard InChI is InChI=1S/C14H8F4O2S/c15-11-6-1-8(13(19)20)7-12(11)21-10-4-2-9(3-5-10)14(16,17)18/h1-7H,(H,19,20). The molecule has 1 N–H and O–H groups in total. The van der Waals surface area contributed by atoms with Gasteiger partial charge in [0.25, 0.3) is 0 Å². The minimum absolute atomic E-state index is 0.0367. The summed E-state index contributed by atoms with van der Waals surface area (Å²) in [5, 5.41) is 8.84. The summed E-state index contributed by atoms with van der Waals surface area (Å²) in [4.78, 5) is 11.2. The van der Waals surface area contributed by atoms with E-state index in [0.717, 1.165) is 42.1 Å². The highest BCUT2D eigenvalue weighted by Gasteiger charge is 2.29. The maximum absolute atomic E-state index is 13.6. The van der Waals surface area contributed by atoms with Gasteiger partial charge in [0.15, 0.2) is 0 Å². The second-order valence-electron chi connectivity index (χ2n) is 4.07. The number of carboxylic acids is 1. The van der Waals surface area contributed by atoms with Crippen molar-refractivity contribution in [2.75, 3.05) is 0 Å². The Morgan fingerprint density at radius 1 is 1.05 bits per heavy atom. The molecule has 0 amide bonds. The lowest BCUT2D eigenvalue weighted by atomic mass is 10.2. The van der Waals surface area contributed by atoms with Gasteiger partial charge in [0.2, 0.25) is 0 Å². The molecule has 110 valence electrons. The molecule has 0 aliphatic carbocycles. The Bertz CT molecular complexity index is 666. The van der Waals surface area contributed by atoms with Crippen molar-refractivity contribution in [2.24, 2.45) is 0 Å². The lowest BCUT2D eigenvalue weighted by molar-refractivity contribution is -0.137. The Morgan fingerprint density at radius 3 is 2.19 bits per heavy atom. The number of benzene rings is 2. The molecule has 0 unspecified atom stereocenters. The summed E-state index contributed by atoms with van der Waals surface area (Å²) in [6, 6.07) is 7.47. The number of alkyl halides is 3. The molecule has 0 aliphatic rings. The van der Waals surface area contributed by atoms with Crippen molar-refractivity contribution in [1.82, 2.24) is 0 Å². The first kappa shape index (κ1) is 15.4. The lowest BCUT2D eigenvalue weighted by Gasteiger charge is -2.08. The minimum atomic E-state index is -4.43. The summed E-state index contributed by atoms with van der Waals surface area (Å²) < 4.78 is 50.9. The third-order valence-corrected chi connectivity index (χ3v) is 3.63. The predicted octanol–water partition coefficient (Wildman–Crippen LogP) is 4.69.